The quantitative estimate of drug-likeness (QED) is 0.632. The second-order valence-corrected chi connectivity index (χ2v) is 3.89. The lowest BCUT2D eigenvalue weighted by Gasteiger charge is -2.17. The van der Waals surface area contributed by atoms with Crippen LogP contribution in [0.3, 0.4) is 0 Å². The molecule has 1 atom stereocenters. The molecule has 0 aromatic rings. The number of rotatable bonds is 5. The molecule has 0 saturated heterocycles. The summed E-state index contributed by atoms with van der Waals surface area (Å²) < 4.78 is 0. The summed E-state index contributed by atoms with van der Waals surface area (Å²) in [5.41, 5.74) is 1.57. The highest BCUT2D eigenvalue weighted by Crippen LogP contribution is 2.03. The number of hydrogen-bond acceptors (Lipinski definition) is 2. The Morgan fingerprint density at radius 3 is 3.08 bits per heavy atom. The van der Waals surface area contributed by atoms with Crippen LogP contribution in [0.4, 0.5) is 0 Å². The van der Waals surface area contributed by atoms with Crippen molar-refractivity contribution in [3.8, 4) is 0 Å². The van der Waals surface area contributed by atoms with Crippen molar-refractivity contribution in [1.82, 2.24) is 10.6 Å². The van der Waals surface area contributed by atoms with E-state index < -0.39 is 0 Å². The first-order valence-electron chi connectivity index (χ1n) is 5.45. The monoisotopic (exact) mass is 182 g/mol. The van der Waals surface area contributed by atoms with Gasteiger partial charge in [0.2, 0.25) is 0 Å². The van der Waals surface area contributed by atoms with Crippen molar-refractivity contribution in [2.45, 2.75) is 39.2 Å². The minimum Gasteiger partial charge on any atom is -0.313 e. The zero-order valence-electron chi connectivity index (χ0n) is 8.90. The predicted octanol–water partition coefficient (Wildman–Crippen LogP) is 1.68. The maximum atomic E-state index is 3.56. The molecule has 0 bridgehead atoms. The van der Waals surface area contributed by atoms with Gasteiger partial charge < -0.3 is 10.6 Å². The predicted molar refractivity (Wildman–Crippen MR) is 57.9 cm³/mol. The second-order valence-electron chi connectivity index (χ2n) is 3.89. The van der Waals surface area contributed by atoms with Crippen molar-refractivity contribution in [2.24, 2.45) is 0 Å². The molecular weight excluding hydrogens is 160 g/mol. The molecule has 0 aliphatic carbocycles. The Balaban J connectivity index is 2.13. The minimum atomic E-state index is 0.667. The first kappa shape index (κ1) is 10.7. The smallest absolute Gasteiger partial charge is 0.0168 e. The summed E-state index contributed by atoms with van der Waals surface area (Å²) in [4.78, 5) is 0. The van der Waals surface area contributed by atoms with Gasteiger partial charge in [0.15, 0.2) is 0 Å². The van der Waals surface area contributed by atoms with Gasteiger partial charge in [0.05, 0.1) is 0 Å². The van der Waals surface area contributed by atoms with Gasteiger partial charge in [0, 0.05) is 19.1 Å². The summed E-state index contributed by atoms with van der Waals surface area (Å²) >= 11 is 0. The molecule has 0 fully saturated rings. The number of nitrogens with one attached hydrogen (secondary N) is 2. The van der Waals surface area contributed by atoms with Crippen molar-refractivity contribution in [3.05, 3.63) is 11.6 Å². The van der Waals surface area contributed by atoms with E-state index in [4.69, 9.17) is 0 Å². The van der Waals surface area contributed by atoms with Crippen molar-refractivity contribution in [1.29, 1.82) is 0 Å². The molecule has 2 N–H and O–H groups in total. The molecule has 0 amide bonds. The Kier molecular flexibility index (Phi) is 5.09. The van der Waals surface area contributed by atoms with Crippen LogP contribution in [0.1, 0.15) is 33.1 Å². The summed E-state index contributed by atoms with van der Waals surface area (Å²) in [6.07, 6.45) is 6.08. The fraction of sp³-hybridized carbons (Fsp3) is 0.818. The average molecular weight is 182 g/mol. The molecule has 1 heterocycles. The third-order valence-corrected chi connectivity index (χ3v) is 2.56. The highest BCUT2D eigenvalue weighted by molar-refractivity contribution is 5.08. The van der Waals surface area contributed by atoms with E-state index in [-0.39, 0.29) is 0 Å². The summed E-state index contributed by atoms with van der Waals surface area (Å²) in [6.45, 7) is 7.80. The van der Waals surface area contributed by atoms with Crippen LogP contribution in [-0.2, 0) is 0 Å². The molecule has 0 spiro atoms. The summed E-state index contributed by atoms with van der Waals surface area (Å²) in [6, 6.07) is 0.667. The van der Waals surface area contributed by atoms with Crippen LogP contribution in [0, 0.1) is 0 Å². The fourth-order valence-corrected chi connectivity index (χ4v) is 1.67. The highest BCUT2D eigenvalue weighted by Gasteiger charge is 2.04. The normalized spacial score (nSPS) is 19.7. The highest BCUT2D eigenvalue weighted by atomic mass is 14.9. The molecule has 13 heavy (non-hydrogen) atoms. The molecular formula is C11H22N2. The van der Waals surface area contributed by atoms with Gasteiger partial charge in [-0.05, 0) is 26.3 Å². The molecule has 1 aliphatic heterocycles. The lowest BCUT2D eigenvalue weighted by molar-refractivity contribution is 0.521. The fourth-order valence-electron chi connectivity index (χ4n) is 1.67. The molecule has 1 unspecified atom stereocenters. The third kappa shape index (κ3) is 4.44. The summed E-state index contributed by atoms with van der Waals surface area (Å²) in [7, 11) is 0. The van der Waals surface area contributed by atoms with Gasteiger partial charge in [0.1, 0.15) is 0 Å². The maximum absolute atomic E-state index is 3.56. The Labute approximate surface area is 81.8 Å². The lowest BCUT2D eigenvalue weighted by atomic mass is 10.1. The first-order chi connectivity index (χ1) is 6.33. The largest absolute Gasteiger partial charge is 0.313 e. The number of hydrogen-bond donors (Lipinski definition) is 2. The van der Waals surface area contributed by atoms with Gasteiger partial charge in [-0.3, -0.25) is 0 Å². The van der Waals surface area contributed by atoms with Crippen molar-refractivity contribution in [2.75, 3.05) is 19.6 Å². The standard InChI is InChI=1S/C11H22N2/c1-3-4-10(2)13-9-11-5-7-12-8-6-11/h5,10,12-13H,3-4,6-9H2,1-2H3. The van der Waals surface area contributed by atoms with Gasteiger partial charge in [-0.25, -0.2) is 0 Å². The molecule has 2 heteroatoms. The minimum absolute atomic E-state index is 0.667. The van der Waals surface area contributed by atoms with Gasteiger partial charge in [0.25, 0.3) is 0 Å². The Morgan fingerprint density at radius 1 is 1.62 bits per heavy atom. The SMILES string of the molecule is CCCC(C)NCC1=CCNCC1. The van der Waals surface area contributed by atoms with Gasteiger partial charge >= 0.3 is 0 Å². The van der Waals surface area contributed by atoms with Crippen LogP contribution in [0.25, 0.3) is 0 Å². The van der Waals surface area contributed by atoms with E-state index in [1.54, 1.807) is 5.57 Å². The topological polar surface area (TPSA) is 24.1 Å². The lowest BCUT2D eigenvalue weighted by Crippen LogP contribution is -2.30. The second kappa shape index (κ2) is 6.17. The van der Waals surface area contributed by atoms with Crippen LogP contribution in [0.5, 0.6) is 0 Å². The zero-order chi connectivity index (χ0) is 9.52. The van der Waals surface area contributed by atoms with Crippen LogP contribution >= 0.6 is 0 Å². The van der Waals surface area contributed by atoms with Crippen molar-refractivity contribution >= 4 is 0 Å². The first-order valence-corrected chi connectivity index (χ1v) is 5.45. The molecule has 76 valence electrons. The van der Waals surface area contributed by atoms with E-state index in [1.165, 1.54) is 19.3 Å². The molecule has 2 nitrogen and oxygen atoms in total. The zero-order valence-corrected chi connectivity index (χ0v) is 8.90. The van der Waals surface area contributed by atoms with E-state index >= 15 is 0 Å². The van der Waals surface area contributed by atoms with Crippen molar-refractivity contribution < 1.29 is 0 Å². The van der Waals surface area contributed by atoms with Crippen LogP contribution in [0.2, 0.25) is 0 Å². The van der Waals surface area contributed by atoms with E-state index in [9.17, 15) is 0 Å². The summed E-state index contributed by atoms with van der Waals surface area (Å²) in [5, 5.41) is 6.88. The molecule has 0 saturated carbocycles. The summed E-state index contributed by atoms with van der Waals surface area (Å²) in [5.74, 6) is 0. The maximum Gasteiger partial charge on any atom is 0.0168 e. The van der Waals surface area contributed by atoms with E-state index in [2.05, 4.69) is 30.6 Å². The Morgan fingerprint density at radius 2 is 2.46 bits per heavy atom. The van der Waals surface area contributed by atoms with Crippen LogP contribution in [-0.4, -0.2) is 25.7 Å². The van der Waals surface area contributed by atoms with Crippen molar-refractivity contribution in [3.63, 3.8) is 0 Å². The van der Waals surface area contributed by atoms with Crippen LogP contribution < -0.4 is 10.6 Å². The molecule has 0 aromatic heterocycles. The Hall–Kier alpha value is -0.340. The van der Waals surface area contributed by atoms with E-state index in [0.717, 1.165) is 19.6 Å². The van der Waals surface area contributed by atoms with Gasteiger partial charge in [-0.15, -0.1) is 0 Å². The average Bonchev–Trinajstić information content (AvgIpc) is 2.17. The van der Waals surface area contributed by atoms with E-state index in [0.29, 0.717) is 6.04 Å². The third-order valence-electron chi connectivity index (χ3n) is 2.56. The molecule has 0 radical (unpaired) electrons. The molecule has 0 aromatic carbocycles. The molecule has 1 rings (SSSR count). The molecule has 1 aliphatic rings. The van der Waals surface area contributed by atoms with Gasteiger partial charge in [-0.1, -0.05) is 25.0 Å². The van der Waals surface area contributed by atoms with Crippen LogP contribution in [0.15, 0.2) is 11.6 Å². The van der Waals surface area contributed by atoms with E-state index in [1.807, 2.05) is 0 Å². The Bertz CT molecular complexity index is 163. The van der Waals surface area contributed by atoms with Gasteiger partial charge in [-0.2, -0.15) is 0 Å².